The molecule has 8 heteroatoms. The number of piperidine rings is 2. The van der Waals surface area contributed by atoms with Gasteiger partial charge in [-0.1, -0.05) is 0 Å². The maximum Gasteiger partial charge on any atom is 0.303 e. The number of aromatic nitrogens is 1. The van der Waals surface area contributed by atoms with Gasteiger partial charge in [-0.2, -0.15) is 5.26 Å². The summed E-state index contributed by atoms with van der Waals surface area (Å²) < 4.78 is 29.6. The van der Waals surface area contributed by atoms with Gasteiger partial charge in [-0.05, 0) is 43.9 Å². The van der Waals surface area contributed by atoms with Gasteiger partial charge in [-0.3, -0.25) is 4.79 Å². The number of carboxylic acid groups (broad SMARTS) is 1. The van der Waals surface area contributed by atoms with Crippen molar-refractivity contribution in [1.82, 2.24) is 4.98 Å². The second kappa shape index (κ2) is 6.28. The molecule has 1 saturated carbocycles. The van der Waals surface area contributed by atoms with Crippen molar-refractivity contribution in [1.29, 1.82) is 5.26 Å². The number of fused-ring (bicyclic) bond motifs is 3. The summed E-state index contributed by atoms with van der Waals surface area (Å²) in [5.41, 5.74) is 0.420. The molecule has 0 unspecified atom stereocenters. The van der Waals surface area contributed by atoms with Crippen LogP contribution in [0.1, 0.15) is 49.3 Å². The van der Waals surface area contributed by atoms with E-state index in [4.69, 9.17) is 10.1 Å². The molecule has 5 aliphatic rings. The van der Waals surface area contributed by atoms with Crippen LogP contribution in [0.2, 0.25) is 0 Å². The molecule has 1 aromatic heterocycles. The van der Waals surface area contributed by atoms with Gasteiger partial charge in [0.15, 0.2) is 0 Å². The van der Waals surface area contributed by atoms with Gasteiger partial charge in [0.05, 0.1) is 0 Å². The molecule has 0 aromatic carbocycles. The lowest BCUT2D eigenvalue weighted by molar-refractivity contribution is -0.141. The van der Waals surface area contributed by atoms with Gasteiger partial charge in [0.2, 0.25) is 0 Å². The Labute approximate surface area is 168 Å². The highest BCUT2D eigenvalue weighted by Crippen LogP contribution is 2.52. The first-order valence-corrected chi connectivity index (χ1v) is 10.4. The SMILES string of the molecule is C[C@H]1CCN1c1nc(N2C[C@H]3C[C@@H](C2)[C@H]3CC(=O)O)c2c(c1C#N)C(F)(F)CC2. The summed E-state index contributed by atoms with van der Waals surface area (Å²) in [6.45, 7) is 4.04. The van der Waals surface area contributed by atoms with Crippen LogP contribution in [0.25, 0.3) is 0 Å². The van der Waals surface area contributed by atoms with Crippen molar-refractivity contribution in [2.45, 2.75) is 51.0 Å². The lowest BCUT2D eigenvalue weighted by Crippen LogP contribution is -2.56. The quantitative estimate of drug-likeness (QED) is 0.834. The summed E-state index contributed by atoms with van der Waals surface area (Å²) in [4.78, 5) is 20.0. The van der Waals surface area contributed by atoms with E-state index < -0.39 is 11.9 Å². The Morgan fingerprint density at radius 1 is 1.34 bits per heavy atom. The second-order valence-corrected chi connectivity index (χ2v) is 9.06. The van der Waals surface area contributed by atoms with E-state index in [0.717, 1.165) is 19.4 Å². The van der Waals surface area contributed by atoms with Crippen LogP contribution in [0, 0.1) is 29.1 Å². The number of halogens is 2. The first kappa shape index (κ1) is 18.6. The molecule has 0 radical (unpaired) electrons. The largest absolute Gasteiger partial charge is 0.481 e. The van der Waals surface area contributed by atoms with Gasteiger partial charge in [0, 0.05) is 49.6 Å². The predicted octanol–water partition coefficient (Wildman–Crippen LogP) is 3.14. The van der Waals surface area contributed by atoms with Crippen LogP contribution in [-0.2, 0) is 17.1 Å². The molecule has 154 valence electrons. The topological polar surface area (TPSA) is 80.5 Å². The number of nitrogens with zero attached hydrogens (tertiary/aromatic N) is 4. The molecular weight excluding hydrogens is 378 g/mol. The molecule has 4 fully saturated rings. The minimum absolute atomic E-state index is 0.0312. The Morgan fingerprint density at radius 2 is 2.07 bits per heavy atom. The van der Waals surface area contributed by atoms with Gasteiger partial charge < -0.3 is 14.9 Å². The van der Waals surface area contributed by atoms with E-state index in [2.05, 4.69) is 4.90 Å². The zero-order valence-electron chi connectivity index (χ0n) is 16.4. The molecular formula is C21H24F2N4O2. The highest BCUT2D eigenvalue weighted by Gasteiger charge is 2.50. The first-order valence-electron chi connectivity index (χ1n) is 10.4. The second-order valence-electron chi connectivity index (χ2n) is 9.06. The van der Waals surface area contributed by atoms with E-state index >= 15 is 0 Å². The van der Waals surface area contributed by atoms with Gasteiger partial charge >= 0.3 is 5.97 Å². The number of hydrogen-bond donors (Lipinski definition) is 1. The molecule has 6 nitrogen and oxygen atoms in total. The Morgan fingerprint density at radius 3 is 2.62 bits per heavy atom. The number of hydrogen-bond acceptors (Lipinski definition) is 5. The number of anilines is 2. The summed E-state index contributed by atoms with van der Waals surface area (Å²) in [5, 5.41) is 18.9. The number of carbonyl (C=O) groups is 1. The number of alkyl halides is 2. The molecule has 3 saturated heterocycles. The fourth-order valence-corrected chi connectivity index (χ4v) is 5.75. The van der Waals surface area contributed by atoms with Crippen LogP contribution in [0.5, 0.6) is 0 Å². The number of aliphatic carboxylic acids is 1. The molecule has 0 spiro atoms. The molecule has 6 rings (SSSR count). The minimum atomic E-state index is -3.01. The fraction of sp³-hybridized carbons (Fsp3) is 0.667. The smallest absolute Gasteiger partial charge is 0.303 e. The molecule has 29 heavy (non-hydrogen) atoms. The van der Waals surface area contributed by atoms with Crippen molar-refractivity contribution < 1.29 is 18.7 Å². The third-order valence-electron chi connectivity index (χ3n) is 7.45. The number of carboxylic acids is 1. The summed E-state index contributed by atoms with van der Waals surface area (Å²) in [7, 11) is 0. The van der Waals surface area contributed by atoms with Crippen molar-refractivity contribution in [3.63, 3.8) is 0 Å². The summed E-state index contributed by atoms with van der Waals surface area (Å²) in [6.07, 6.45) is 2.07. The van der Waals surface area contributed by atoms with E-state index in [1.165, 1.54) is 0 Å². The Balaban J connectivity index is 1.55. The first-order chi connectivity index (χ1) is 13.8. The van der Waals surface area contributed by atoms with Crippen molar-refractivity contribution in [3.05, 3.63) is 16.7 Å². The van der Waals surface area contributed by atoms with Crippen LogP contribution in [0.3, 0.4) is 0 Å². The fourth-order valence-electron chi connectivity index (χ4n) is 5.75. The van der Waals surface area contributed by atoms with Crippen LogP contribution in [0.4, 0.5) is 20.4 Å². The van der Waals surface area contributed by atoms with Crippen molar-refractivity contribution >= 4 is 17.6 Å². The lowest BCUT2D eigenvalue weighted by Gasteiger charge is -2.54. The third-order valence-corrected chi connectivity index (χ3v) is 7.45. The van der Waals surface area contributed by atoms with E-state index in [1.54, 1.807) is 0 Å². The molecule has 2 aliphatic carbocycles. The molecule has 0 amide bonds. The lowest BCUT2D eigenvalue weighted by atomic mass is 9.60. The Bertz CT molecular complexity index is 916. The van der Waals surface area contributed by atoms with Gasteiger partial charge in [-0.25, -0.2) is 13.8 Å². The number of nitriles is 1. The minimum Gasteiger partial charge on any atom is -0.481 e. The summed E-state index contributed by atoms with van der Waals surface area (Å²) in [6, 6.07) is 2.22. The monoisotopic (exact) mass is 402 g/mol. The molecule has 1 aromatic rings. The van der Waals surface area contributed by atoms with E-state index in [-0.39, 0.29) is 54.2 Å². The number of rotatable bonds is 4. The maximum atomic E-state index is 14.8. The van der Waals surface area contributed by atoms with Crippen LogP contribution >= 0.6 is 0 Å². The van der Waals surface area contributed by atoms with E-state index in [1.807, 2.05) is 17.9 Å². The van der Waals surface area contributed by atoms with Gasteiger partial charge in [0.25, 0.3) is 5.92 Å². The summed E-state index contributed by atoms with van der Waals surface area (Å²) >= 11 is 0. The van der Waals surface area contributed by atoms with Gasteiger partial charge in [0.1, 0.15) is 23.3 Å². The molecule has 1 N–H and O–H groups in total. The highest BCUT2D eigenvalue weighted by atomic mass is 19.3. The molecule has 3 aliphatic heterocycles. The normalized spacial score (nSPS) is 31.5. The average Bonchev–Trinajstić information content (AvgIpc) is 3.00. The van der Waals surface area contributed by atoms with Crippen molar-refractivity contribution in [2.75, 3.05) is 29.4 Å². The molecule has 2 bridgehead atoms. The van der Waals surface area contributed by atoms with Crippen molar-refractivity contribution in [2.24, 2.45) is 17.8 Å². The Kier molecular flexibility index (Phi) is 4.03. The predicted molar refractivity (Wildman–Crippen MR) is 102 cm³/mol. The maximum absolute atomic E-state index is 14.8. The summed E-state index contributed by atoms with van der Waals surface area (Å²) in [5.74, 6) is -2.09. The Hall–Kier alpha value is -2.43. The molecule has 4 heterocycles. The zero-order valence-corrected chi connectivity index (χ0v) is 16.4. The van der Waals surface area contributed by atoms with E-state index in [9.17, 15) is 18.8 Å². The van der Waals surface area contributed by atoms with E-state index in [0.29, 0.717) is 30.3 Å². The van der Waals surface area contributed by atoms with Crippen molar-refractivity contribution in [3.8, 4) is 6.07 Å². The molecule has 4 atom stereocenters. The average molecular weight is 402 g/mol. The highest BCUT2D eigenvalue weighted by molar-refractivity contribution is 5.71. The zero-order chi connectivity index (χ0) is 20.5. The van der Waals surface area contributed by atoms with Crippen LogP contribution in [0.15, 0.2) is 0 Å². The number of pyridine rings is 1. The standard InChI is InChI=1S/C21H24F2N4O2/c1-11-3-5-27(11)20-16(8-24)18-14(2-4-21(18,22)23)19(25-20)26-9-12-6-13(10-26)15(12)7-17(28)29/h11-13,15H,2-7,9-10H2,1H3,(H,28,29)/t11-,12-,13+,15+/m0/s1. The van der Waals surface area contributed by atoms with Crippen LogP contribution < -0.4 is 9.80 Å². The third kappa shape index (κ3) is 2.70. The van der Waals surface area contributed by atoms with Crippen LogP contribution in [-0.4, -0.2) is 41.7 Å². The van der Waals surface area contributed by atoms with Gasteiger partial charge in [-0.15, -0.1) is 0 Å².